The highest BCUT2D eigenvalue weighted by molar-refractivity contribution is 7.71. The Hall–Kier alpha value is -3.92. The summed E-state index contributed by atoms with van der Waals surface area (Å²) in [7, 11) is 0. The van der Waals surface area contributed by atoms with E-state index in [0.29, 0.717) is 28.0 Å². The van der Waals surface area contributed by atoms with Gasteiger partial charge in [-0.1, -0.05) is 6.08 Å². The van der Waals surface area contributed by atoms with Crippen molar-refractivity contribution >= 4 is 34.9 Å². The smallest absolute Gasteiger partial charge is 0.269 e. The molecule has 0 aliphatic carbocycles. The third-order valence-corrected chi connectivity index (χ3v) is 4.80. The van der Waals surface area contributed by atoms with Gasteiger partial charge in [-0.2, -0.15) is 0 Å². The molecule has 0 spiro atoms. The molecule has 9 nitrogen and oxygen atoms in total. The number of rotatable bonds is 4. The van der Waals surface area contributed by atoms with Crippen LogP contribution in [0.15, 0.2) is 53.8 Å². The molecule has 0 unspecified atom stereocenters. The first kappa shape index (κ1) is 19.4. The molecule has 3 N–H and O–H groups in total. The molecule has 0 atom stereocenters. The van der Waals surface area contributed by atoms with Crippen LogP contribution < -0.4 is 25.9 Å². The fourth-order valence-electron chi connectivity index (χ4n) is 2.99. The summed E-state index contributed by atoms with van der Waals surface area (Å²) in [6.07, 6.45) is 1.57. The quantitative estimate of drug-likeness (QED) is 0.336. The van der Waals surface area contributed by atoms with Crippen molar-refractivity contribution in [2.45, 2.75) is 6.54 Å². The van der Waals surface area contributed by atoms with E-state index in [1.165, 1.54) is 28.8 Å². The number of hydrogen-bond acceptors (Lipinski definition) is 6. The monoisotopic (exact) mass is 424 g/mol. The van der Waals surface area contributed by atoms with E-state index >= 15 is 0 Å². The number of benzene rings is 2. The van der Waals surface area contributed by atoms with Crippen LogP contribution in [-0.4, -0.2) is 28.2 Å². The van der Waals surface area contributed by atoms with E-state index in [9.17, 15) is 14.4 Å². The number of H-pyrrole nitrogens is 1. The van der Waals surface area contributed by atoms with Crippen molar-refractivity contribution in [1.29, 1.82) is 0 Å². The molecule has 0 radical (unpaired) electrons. The van der Waals surface area contributed by atoms with Crippen LogP contribution in [0, 0.1) is 4.77 Å². The van der Waals surface area contributed by atoms with E-state index in [-0.39, 0.29) is 29.2 Å². The SMILES string of the molecule is C=CCn1c(=S)[nH]c2cc(C(=O)NNC(=O)c3ccc4c(c3)OCO4)ccc2c1=O. The summed E-state index contributed by atoms with van der Waals surface area (Å²) in [4.78, 5) is 40.2. The number of fused-ring (bicyclic) bond motifs is 2. The van der Waals surface area contributed by atoms with Crippen molar-refractivity contribution in [3.8, 4) is 11.5 Å². The fourth-order valence-corrected chi connectivity index (χ4v) is 3.25. The van der Waals surface area contributed by atoms with Crippen LogP contribution in [-0.2, 0) is 6.54 Å². The molecule has 1 aliphatic rings. The first-order valence-electron chi connectivity index (χ1n) is 8.86. The molecule has 30 heavy (non-hydrogen) atoms. The van der Waals surface area contributed by atoms with Crippen LogP contribution in [0.1, 0.15) is 20.7 Å². The minimum absolute atomic E-state index is 0.0980. The second-order valence-corrected chi connectivity index (χ2v) is 6.76. The summed E-state index contributed by atoms with van der Waals surface area (Å²) in [6, 6.07) is 9.20. The zero-order valence-corrected chi connectivity index (χ0v) is 16.4. The van der Waals surface area contributed by atoms with Crippen LogP contribution in [0.5, 0.6) is 11.5 Å². The van der Waals surface area contributed by atoms with Crippen molar-refractivity contribution in [2.24, 2.45) is 0 Å². The Labute approximate surface area is 174 Å². The Morgan fingerprint density at radius 1 is 1.10 bits per heavy atom. The van der Waals surface area contributed by atoms with Gasteiger partial charge in [-0.25, -0.2) is 0 Å². The standard InChI is InChI=1S/C20H16N4O5S/c1-2-7-24-19(27)13-5-3-11(8-14(13)21-20(24)30)17(25)22-23-18(26)12-4-6-15-16(9-12)29-10-28-15/h2-6,8-9H,1,7,10H2,(H,21,30)(H,22,25)(H,23,26). The maximum absolute atomic E-state index is 12.5. The molecule has 152 valence electrons. The molecule has 2 aromatic carbocycles. The Kier molecular flexibility index (Phi) is 5.07. The van der Waals surface area contributed by atoms with Gasteiger partial charge in [0.05, 0.1) is 10.9 Å². The number of nitrogens with one attached hydrogen (secondary N) is 3. The lowest BCUT2D eigenvalue weighted by molar-refractivity contribution is 0.0846. The van der Waals surface area contributed by atoms with Gasteiger partial charge in [-0.15, -0.1) is 6.58 Å². The van der Waals surface area contributed by atoms with Crippen LogP contribution >= 0.6 is 12.2 Å². The third-order valence-electron chi connectivity index (χ3n) is 4.48. The molecule has 1 aromatic heterocycles. The highest BCUT2D eigenvalue weighted by Crippen LogP contribution is 2.32. The van der Waals surface area contributed by atoms with Gasteiger partial charge in [0.25, 0.3) is 17.4 Å². The van der Waals surface area contributed by atoms with Crippen molar-refractivity contribution in [1.82, 2.24) is 20.4 Å². The van der Waals surface area contributed by atoms with Crippen molar-refractivity contribution in [3.05, 3.63) is 75.3 Å². The molecule has 1 aliphatic heterocycles. The zero-order chi connectivity index (χ0) is 21.3. The molecule has 10 heteroatoms. The van der Waals surface area contributed by atoms with E-state index in [1.807, 2.05) is 0 Å². The Morgan fingerprint density at radius 2 is 1.77 bits per heavy atom. The second kappa shape index (κ2) is 7.84. The first-order chi connectivity index (χ1) is 14.5. The number of nitrogens with zero attached hydrogens (tertiary/aromatic N) is 1. The highest BCUT2D eigenvalue weighted by Gasteiger charge is 2.17. The van der Waals surface area contributed by atoms with Crippen LogP contribution in [0.2, 0.25) is 0 Å². The maximum Gasteiger partial charge on any atom is 0.269 e. The van der Waals surface area contributed by atoms with E-state index in [1.54, 1.807) is 18.2 Å². The van der Waals surface area contributed by atoms with Crippen LogP contribution in [0.3, 0.4) is 0 Å². The number of aromatic nitrogens is 2. The molecule has 0 saturated carbocycles. The molecule has 4 rings (SSSR count). The van der Waals surface area contributed by atoms with Gasteiger partial charge in [-0.3, -0.25) is 29.8 Å². The highest BCUT2D eigenvalue weighted by atomic mass is 32.1. The Morgan fingerprint density at radius 3 is 2.50 bits per heavy atom. The van der Waals surface area contributed by atoms with E-state index in [4.69, 9.17) is 21.7 Å². The number of aromatic amines is 1. The number of hydrogen-bond donors (Lipinski definition) is 3. The third kappa shape index (κ3) is 3.55. The number of amides is 2. The normalized spacial score (nSPS) is 11.9. The van der Waals surface area contributed by atoms with Crippen LogP contribution in [0.25, 0.3) is 10.9 Å². The lowest BCUT2D eigenvalue weighted by Gasteiger charge is -2.09. The van der Waals surface area contributed by atoms with Gasteiger partial charge in [0.2, 0.25) is 6.79 Å². The minimum Gasteiger partial charge on any atom is -0.454 e. The average molecular weight is 424 g/mol. The summed E-state index contributed by atoms with van der Waals surface area (Å²) in [5.41, 5.74) is 5.35. The molecule has 0 fully saturated rings. The van der Waals surface area contributed by atoms with Gasteiger partial charge in [0.15, 0.2) is 16.3 Å². The number of carbonyl (C=O) groups excluding carboxylic acids is 2. The fraction of sp³-hybridized carbons (Fsp3) is 0.100. The Balaban J connectivity index is 1.51. The number of allylic oxidation sites excluding steroid dienone is 1. The van der Waals surface area contributed by atoms with E-state index in [0.717, 1.165) is 0 Å². The summed E-state index contributed by atoms with van der Waals surface area (Å²) < 4.78 is 12.0. The van der Waals surface area contributed by atoms with Gasteiger partial charge < -0.3 is 14.5 Å². The molecular formula is C20H16N4O5S. The largest absolute Gasteiger partial charge is 0.454 e. The topological polar surface area (TPSA) is 114 Å². The first-order valence-corrected chi connectivity index (χ1v) is 9.27. The predicted molar refractivity (Wildman–Crippen MR) is 111 cm³/mol. The molecule has 2 heterocycles. The van der Waals surface area contributed by atoms with Crippen molar-refractivity contribution in [3.63, 3.8) is 0 Å². The Bertz CT molecular complexity index is 1310. The zero-order valence-electron chi connectivity index (χ0n) is 15.6. The predicted octanol–water partition coefficient (Wildman–Crippen LogP) is 2.05. The van der Waals surface area contributed by atoms with E-state index in [2.05, 4.69) is 22.4 Å². The lowest BCUT2D eigenvalue weighted by Crippen LogP contribution is -2.41. The number of hydrazine groups is 1. The molecule has 2 amide bonds. The van der Waals surface area contributed by atoms with Crippen molar-refractivity contribution in [2.75, 3.05) is 6.79 Å². The average Bonchev–Trinajstić information content (AvgIpc) is 3.22. The second-order valence-electron chi connectivity index (χ2n) is 6.37. The summed E-state index contributed by atoms with van der Waals surface area (Å²) in [6.45, 7) is 3.98. The molecular weight excluding hydrogens is 408 g/mol. The van der Waals surface area contributed by atoms with Gasteiger partial charge in [0.1, 0.15) is 0 Å². The number of carbonyl (C=O) groups is 2. The van der Waals surface area contributed by atoms with Crippen molar-refractivity contribution < 1.29 is 19.1 Å². The molecule has 0 bridgehead atoms. The minimum atomic E-state index is -0.555. The summed E-state index contributed by atoms with van der Waals surface area (Å²) in [5, 5.41) is 0.381. The number of ether oxygens (including phenoxy) is 2. The summed E-state index contributed by atoms with van der Waals surface area (Å²) >= 11 is 5.20. The summed E-state index contributed by atoms with van der Waals surface area (Å²) in [5.74, 6) is -0.0631. The lowest BCUT2D eigenvalue weighted by atomic mass is 10.1. The van der Waals surface area contributed by atoms with Gasteiger partial charge in [-0.05, 0) is 48.6 Å². The van der Waals surface area contributed by atoms with E-state index < -0.39 is 11.8 Å². The molecule has 0 saturated heterocycles. The van der Waals surface area contributed by atoms with Gasteiger partial charge in [0, 0.05) is 17.7 Å². The maximum atomic E-state index is 12.5. The van der Waals surface area contributed by atoms with Crippen LogP contribution in [0.4, 0.5) is 0 Å². The molecule has 3 aromatic rings. The van der Waals surface area contributed by atoms with Gasteiger partial charge >= 0.3 is 0 Å².